The first-order chi connectivity index (χ1) is 15.6. The summed E-state index contributed by atoms with van der Waals surface area (Å²) in [5.41, 5.74) is 1.80. The van der Waals surface area contributed by atoms with Crippen LogP contribution in [0.4, 0.5) is 0 Å². The normalized spacial score (nSPS) is 19.2. The Bertz CT molecular complexity index is 1010. The summed E-state index contributed by atoms with van der Waals surface area (Å²) in [5, 5.41) is 3.06. The standard InChI is InChI=1S/C25H32N4O3/c1-19-15-28(16-20(2)32-19)14-8-13-26-25(30)17-29-23-12-7-6-11-22(23)27-24(29)18-31-21-9-4-3-5-10-21/h3-7,9-12,19-20H,8,13-18H2,1-2H3,(H,26,30). The molecule has 1 aliphatic heterocycles. The number of nitrogens with one attached hydrogen (secondary N) is 1. The van der Waals surface area contributed by atoms with Gasteiger partial charge in [0.25, 0.3) is 0 Å². The summed E-state index contributed by atoms with van der Waals surface area (Å²) < 4.78 is 13.6. The third kappa shape index (κ3) is 5.87. The van der Waals surface area contributed by atoms with Gasteiger partial charge in [0.05, 0.1) is 23.2 Å². The van der Waals surface area contributed by atoms with E-state index in [0.717, 1.165) is 48.7 Å². The van der Waals surface area contributed by atoms with Crippen molar-refractivity contribution in [1.82, 2.24) is 19.8 Å². The minimum Gasteiger partial charge on any atom is -0.486 e. The number of benzene rings is 2. The van der Waals surface area contributed by atoms with Crippen molar-refractivity contribution in [2.24, 2.45) is 0 Å². The molecular formula is C25H32N4O3. The number of fused-ring (bicyclic) bond motifs is 1. The molecule has 170 valence electrons. The number of rotatable bonds is 9. The monoisotopic (exact) mass is 436 g/mol. The van der Waals surface area contributed by atoms with Crippen molar-refractivity contribution >= 4 is 16.9 Å². The zero-order chi connectivity index (χ0) is 22.3. The third-order valence-electron chi connectivity index (χ3n) is 5.61. The summed E-state index contributed by atoms with van der Waals surface area (Å²) in [4.78, 5) is 19.8. The molecule has 2 aromatic carbocycles. The molecule has 7 heteroatoms. The van der Waals surface area contributed by atoms with E-state index in [9.17, 15) is 4.79 Å². The Kier molecular flexibility index (Phi) is 7.39. The Hall–Kier alpha value is -2.90. The molecule has 2 atom stereocenters. The Balaban J connectivity index is 1.32. The van der Waals surface area contributed by atoms with E-state index >= 15 is 0 Å². The highest BCUT2D eigenvalue weighted by molar-refractivity contribution is 5.81. The van der Waals surface area contributed by atoms with Gasteiger partial charge in [0.2, 0.25) is 5.91 Å². The van der Waals surface area contributed by atoms with Gasteiger partial charge in [-0.15, -0.1) is 0 Å². The van der Waals surface area contributed by atoms with Gasteiger partial charge in [-0.25, -0.2) is 4.98 Å². The summed E-state index contributed by atoms with van der Waals surface area (Å²) in [5.74, 6) is 1.50. The molecule has 1 N–H and O–H groups in total. The first kappa shape index (κ1) is 22.3. The fourth-order valence-corrected chi connectivity index (χ4v) is 4.27. The maximum atomic E-state index is 12.7. The summed E-state index contributed by atoms with van der Waals surface area (Å²) in [6.45, 7) is 8.26. The number of hydrogen-bond donors (Lipinski definition) is 1. The summed E-state index contributed by atoms with van der Waals surface area (Å²) in [7, 11) is 0. The van der Waals surface area contributed by atoms with Crippen LogP contribution in [0.2, 0.25) is 0 Å². The van der Waals surface area contributed by atoms with E-state index in [4.69, 9.17) is 14.5 Å². The minimum atomic E-state index is -0.0159. The van der Waals surface area contributed by atoms with Crippen molar-refractivity contribution in [2.75, 3.05) is 26.2 Å². The number of carbonyl (C=O) groups excluding carboxylic acids is 1. The molecule has 0 aliphatic carbocycles. The van der Waals surface area contributed by atoms with Gasteiger partial charge >= 0.3 is 0 Å². The smallest absolute Gasteiger partial charge is 0.240 e. The van der Waals surface area contributed by atoms with Gasteiger partial charge in [-0.3, -0.25) is 9.69 Å². The highest BCUT2D eigenvalue weighted by Crippen LogP contribution is 2.18. The molecule has 2 heterocycles. The number of morpholine rings is 1. The lowest BCUT2D eigenvalue weighted by Gasteiger charge is -2.35. The second kappa shape index (κ2) is 10.6. The molecule has 4 rings (SSSR count). The molecular weight excluding hydrogens is 404 g/mol. The molecule has 7 nitrogen and oxygen atoms in total. The van der Waals surface area contributed by atoms with Crippen LogP contribution in [0, 0.1) is 0 Å². The minimum absolute atomic E-state index is 0.0159. The van der Waals surface area contributed by atoms with Crippen molar-refractivity contribution in [3.63, 3.8) is 0 Å². The molecule has 1 aromatic heterocycles. The van der Waals surface area contributed by atoms with E-state index in [0.29, 0.717) is 13.2 Å². The van der Waals surface area contributed by atoms with Crippen LogP contribution >= 0.6 is 0 Å². The molecule has 3 aromatic rings. The maximum Gasteiger partial charge on any atom is 0.240 e. The molecule has 0 spiro atoms. The van der Waals surface area contributed by atoms with Gasteiger partial charge < -0.3 is 19.4 Å². The molecule has 1 amide bonds. The van der Waals surface area contributed by atoms with Gasteiger partial charge in [0, 0.05) is 26.2 Å². The predicted octanol–water partition coefficient (Wildman–Crippen LogP) is 3.23. The van der Waals surface area contributed by atoms with Crippen LogP contribution in [0.3, 0.4) is 0 Å². The van der Waals surface area contributed by atoms with Crippen LogP contribution in [0.15, 0.2) is 54.6 Å². The number of nitrogens with zero attached hydrogens (tertiary/aromatic N) is 3. The molecule has 1 fully saturated rings. The van der Waals surface area contributed by atoms with Crippen LogP contribution in [-0.2, 0) is 22.7 Å². The number of hydrogen-bond acceptors (Lipinski definition) is 5. The lowest BCUT2D eigenvalue weighted by molar-refractivity contribution is -0.121. The van der Waals surface area contributed by atoms with E-state index in [1.807, 2.05) is 59.2 Å². The van der Waals surface area contributed by atoms with Crippen LogP contribution in [-0.4, -0.2) is 58.7 Å². The van der Waals surface area contributed by atoms with Crippen molar-refractivity contribution < 1.29 is 14.3 Å². The van der Waals surface area contributed by atoms with Crippen LogP contribution in [0.25, 0.3) is 11.0 Å². The lowest BCUT2D eigenvalue weighted by atomic mass is 10.2. The second-order valence-electron chi connectivity index (χ2n) is 8.43. The Morgan fingerprint density at radius 3 is 2.59 bits per heavy atom. The van der Waals surface area contributed by atoms with Gasteiger partial charge in [-0.1, -0.05) is 30.3 Å². The molecule has 1 aliphatic rings. The first-order valence-electron chi connectivity index (χ1n) is 11.3. The molecule has 1 saturated heterocycles. The fourth-order valence-electron chi connectivity index (χ4n) is 4.27. The van der Waals surface area contributed by atoms with E-state index in [1.165, 1.54) is 0 Å². The molecule has 2 unspecified atom stereocenters. The van der Waals surface area contributed by atoms with Crippen LogP contribution < -0.4 is 10.1 Å². The number of carbonyl (C=O) groups is 1. The number of ether oxygens (including phenoxy) is 2. The summed E-state index contributed by atoms with van der Waals surface area (Å²) in [6.07, 6.45) is 1.44. The Morgan fingerprint density at radius 2 is 1.81 bits per heavy atom. The Morgan fingerprint density at radius 1 is 1.09 bits per heavy atom. The molecule has 0 bridgehead atoms. The molecule has 32 heavy (non-hydrogen) atoms. The summed E-state index contributed by atoms with van der Waals surface area (Å²) in [6, 6.07) is 17.5. The van der Waals surface area contributed by atoms with E-state index in [1.54, 1.807) is 0 Å². The SMILES string of the molecule is CC1CN(CCCNC(=O)Cn2c(COc3ccccc3)nc3ccccc32)CC(C)O1. The van der Waals surface area contributed by atoms with Gasteiger partial charge in [0.15, 0.2) is 0 Å². The maximum absolute atomic E-state index is 12.7. The van der Waals surface area contributed by atoms with Crippen molar-refractivity contribution in [2.45, 2.75) is 45.6 Å². The Labute approximate surface area is 189 Å². The third-order valence-corrected chi connectivity index (χ3v) is 5.61. The molecule has 0 radical (unpaired) electrons. The van der Waals surface area contributed by atoms with E-state index in [2.05, 4.69) is 24.1 Å². The highest BCUT2D eigenvalue weighted by atomic mass is 16.5. The van der Waals surface area contributed by atoms with Crippen molar-refractivity contribution in [3.05, 3.63) is 60.4 Å². The number of imidazole rings is 1. The van der Waals surface area contributed by atoms with E-state index in [-0.39, 0.29) is 24.7 Å². The zero-order valence-corrected chi connectivity index (χ0v) is 18.9. The van der Waals surface area contributed by atoms with Gasteiger partial charge in [0.1, 0.15) is 24.7 Å². The number of amides is 1. The first-order valence-corrected chi connectivity index (χ1v) is 11.3. The van der Waals surface area contributed by atoms with Gasteiger partial charge in [-0.05, 0) is 44.5 Å². The fraction of sp³-hybridized carbons (Fsp3) is 0.440. The van der Waals surface area contributed by atoms with Crippen LogP contribution in [0.5, 0.6) is 5.75 Å². The lowest BCUT2D eigenvalue weighted by Crippen LogP contribution is -2.46. The molecule has 0 saturated carbocycles. The average molecular weight is 437 g/mol. The predicted molar refractivity (Wildman–Crippen MR) is 125 cm³/mol. The largest absolute Gasteiger partial charge is 0.486 e. The topological polar surface area (TPSA) is 68.6 Å². The summed E-state index contributed by atoms with van der Waals surface area (Å²) >= 11 is 0. The quantitative estimate of drug-likeness (QED) is 0.522. The van der Waals surface area contributed by atoms with E-state index < -0.39 is 0 Å². The van der Waals surface area contributed by atoms with Gasteiger partial charge in [-0.2, -0.15) is 0 Å². The van der Waals surface area contributed by atoms with Crippen LogP contribution in [0.1, 0.15) is 26.1 Å². The number of para-hydroxylation sites is 3. The highest BCUT2D eigenvalue weighted by Gasteiger charge is 2.21. The average Bonchev–Trinajstić information content (AvgIpc) is 3.13. The zero-order valence-electron chi connectivity index (χ0n) is 18.9. The second-order valence-corrected chi connectivity index (χ2v) is 8.43. The van der Waals surface area contributed by atoms with Crippen molar-refractivity contribution in [1.29, 1.82) is 0 Å². The van der Waals surface area contributed by atoms with Crippen molar-refractivity contribution in [3.8, 4) is 5.75 Å². The number of aromatic nitrogens is 2.